The molecule has 0 saturated heterocycles. The summed E-state index contributed by atoms with van der Waals surface area (Å²) < 4.78 is 13.5. The molecule has 0 aliphatic heterocycles. The Morgan fingerprint density at radius 2 is 1.89 bits per heavy atom. The molecule has 0 atom stereocenters. The maximum atomic E-state index is 13.5. The Kier molecular flexibility index (Phi) is 4.02. The monoisotopic (exact) mass is 278 g/mol. The van der Waals surface area contributed by atoms with Crippen LogP contribution >= 0.6 is 11.6 Å². The summed E-state index contributed by atoms with van der Waals surface area (Å²) >= 11 is 5.77. The molecule has 2 aromatic carbocycles. The Morgan fingerprint density at radius 3 is 2.63 bits per heavy atom. The predicted molar refractivity (Wildman–Crippen MR) is 75.4 cm³/mol. The number of anilines is 2. The van der Waals surface area contributed by atoms with E-state index in [1.807, 2.05) is 6.07 Å². The molecule has 0 saturated carbocycles. The lowest BCUT2D eigenvalue weighted by atomic mass is 10.1. The van der Waals surface area contributed by atoms with Crippen molar-refractivity contribution < 1.29 is 9.18 Å². The highest BCUT2D eigenvalue weighted by molar-refractivity contribution is 6.31. The highest BCUT2D eigenvalue weighted by Gasteiger charge is 2.12. The smallest absolute Gasteiger partial charge is 0.257 e. The maximum absolute atomic E-state index is 13.5. The molecular weight excluding hydrogens is 267 g/mol. The summed E-state index contributed by atoms with van der Waals surface area (Å²) in [6.07, 6.45) is 0. The van der Waals surface area contributed by atoms with Crippen LogP contribution in [0.3, 0.4) is 0 Å². The first kappa shape index (κ1) is 13.4. The lowest BCUT2D eigenvalue weighted by molar-refractivity contribution is 0.102. The van der Waals surface area contributed by atoms with E-state index >= 15 is 0 Å². The average molecular weight is 279 g/mol. The van der Waals surface area contributed by atoms with Crippen molar-refractivity contribution in [1.82, 2.24) is 0 Å². The van der Waals surface area contributed by atoms with E-state index in [2.05, 4.69) is 10.6 Å². The second kappa shape index (κ2) is 5.71. The van der Waals surface area contributed by atoms with Crippen molar-refractivity contribution in [2.24, 2.45) is 0 Å². The fraction of sp³-hybridized carbons (Fsp3) is 0.0714. The first-order chi connectivity index (χ1) is 9.11. The van der Waals surface area contributed by atoms with Gasteiger partial charge >= 0.3 is 0 Å². The van der Waals surface area contributed by atoms with Gasteiger partial charge in [-0.15, -0.1) is 0 Å². The van der Waals surface area contributed by atoms with Crippen molar-refractivity contribution in [1.29, 1.82) is 0 Å². The van der Waals surface area contributed by atoms with Gasteiger partial charge in [0.05, 0.1) is 11.3 Å². The third kappa shape index (κ3) is 3.03. The second-order valence-corrected chi connectivity index (χ2v) is 4.31. The third-order valence-electron chi connectivity index (χ3n) is 2.62. The minimum atomic E-state index is -0.528. The summed E-state index contributed by atoms with van der Waals surface area (Å²) in [5.41, 5.74) is 1.16. The summed E-state index contributed by atoms with van der Waals surface area (Å²) in [5, 5.41) is 5.77. The largest absolute Gasteiger partial charge is 0.387 e. The number of amides is 1. The van der Waals surface area contributed by atoms with Gasteiger partial charge in [0.25, 0.3) is 5.91 Å². The number of hydrogen-bond acceptors (Lipinski definition) is 2. The molecule has 19 heavy (non-hydrogen) atoms. The molecule has 98 valence electrons. The van der Waals surface area contributed by atoms with Gasteiger partial charge in [0.1, 0.15) is 5.82 Å². The molecule has 2 rings (SSSR count). The number of halogens is 2. The fourth-order valence-corrected chi connectivity index (χ4v) is 1.85. The number of rotatable bonds is 3. The zero-order chi connectivity index (χ0) is 13.8. The fourth-order valence-electron chi connectivity index (χ4n) is 1.68. The molecule has 0 unspecified atom stereocenters. The molecule has 0 aliphatic carbocycles. The van der Waals surface area contributed by atoms with Crippen LogP contribution in [0.4, 0.5) is 15.8 Å². The van der Waals surface area contributed by atoms with Gasteiger partial charge in [0.15, 0.2) is 0 Å². The SMILES string of the molecule is CNc1ccccc1C(=O)Nc1cc(Cl)ccc1F. The van der Waals surface area contributed by atoms with E-state index in [1.54, 1.807) is 25.2 Å². The number of para-hydroxylation sites is 1. The highest BCUT2D eigenvalue weighted by atomic mass is 35.5. The molecule has 2 aromatic rings. The van der Waals surface area contributed by atoms with E-state index < -0.39 is 11.7 Å². The molecule has 0 aliphatic rings. The van der Waals surface area contributed by atoms with Crippen LogP contribution in [-0.4, -0.2) is 13.0 Å². The molecular formula is C14H12ClFN2O. The Labute approximate surface area is 115 Å². The Balaban J connectivity index is 2.28. The zero-order valence-electron chi connectivity index (χ0n) is 10.2. The molecule has 2 N–H and O–H groups in total. The quantitative estimate of drug-likeness (QED) is 0.897. The van der Waals surface area contributed by atoms with Crippen molar-refractivity contribution in [2.45, 2.75) is 0 Å². The number of nitrogens with one attached hydrogen (secondary N) is 2. The Hall–Kier alpha value is -2.07. The number of benzene rings is 2. The van der Waals surface area contributed by atoms with E-state index in [0.717, 1.165) is 0 Å². The number of carbonyl (C=O) groups is 1. The van der Waals surface area contributed by atoms with Crippen LogP contribution < -0.4 is 10.6 Å². The van der Waals surface area contributed by atoms with Gasteiger partial charge in [0.2, 0.25) is 0 Å². The lowest BCUT2D eigenvalue weighted by Crippen LogP contribution is -2.14. The molecule has 0 heterocycles. The molecule has 0 aromatic heterocycles. The minimum absolute atomic E-state index is 0.0587. The standard InChI is InChI=1S/C14H12ClFN2O/c1-17-12-5-3-2-4-10(12)14(19)18-13-8-9(15)6-7-11(13)16/h2-8,17H,1H3,(H,18,19). The van der Waals surface area contributed by atoms with Crippen LogP contribution in [0, 0.1) is 5.82 Å². The predicted octanol–water partition coefficient (Wildman–Crippen LogP) is 3.77. The van der Waals surface area contributed by atoms with E-state index in [0.29, 0.717) is 16.3 Å². The van der Waals surface area contributed by atoms with Crippen molar-refractivity contribution >= 4 is 28.9 Å². The van der Waals surface area contributed by atoms with Gasteiger partial charge in [-0.2, -0.15) is 0 Å². The van der Waals surface area contributed by atoms with Crippen molar-refractivity contribution in [3.63, 3.8) is 0 Å². The molecule has 1 amide bonds. The van der Waals surface area contributed by atoms with E-state index in [1.165, 1.54) is 18.2 Å². The third-order valence-corrected chi connectivity index (χ3v) is 2.85. The van der Waals surface area contributed by atoms with Crippen LogP contribution in [0.25, 0.3) is 0 Å². The summed E-state index contributed by atoms with van der Waals surface area (Å²) in [4.78, 5) is 12.1. The molecule has 3 nitrogen and oxygen atoms in total. The van der Waals surface area contributed by atoms with E-state index in [9.17, 15) is 9.18 Å². The van der Waals surface area contributed by atoms with Gasteiger partial charge < -0.3 is 10.6 Å². The van der Waals surface area contributed by atoms with Gasteiger partial charge in [-0.1, -0.05) is 23.7 Å². The molecule has 0 bridgehead atoms. The van der Waals surface area contributed by atoms with Crippen molar-refractivity contribution in [3.05, 3.63) is 58.9 Å². The van der Waals surface area contributed by atoms with Gasteiger partial charge in [-0.3, -0.25) is 4.79 Å². The first-order valence-electron chi connectivity index (χ1n) is 5.65. The van der Waals surface area contributed by atoms with Gasteiger partial charge in [-0.25, -0.2) is 4.39 Å². The summed E-state index contributed by atoms with van der Waals surface area (Å²) in [6, 6.07) is 11.0. The molecule has 0 spiro atoms. The van der Waals surface area contributed by atoms with Gasteiger partial charge in [-0.05, 0) is 30.3 Å². The van der Waals surface area contributed by atoms with Crippen LogP contribution in [0.2, 0.25) is 5.02 Å². The lowest BCUT2D eigenvalue weighted by Gasteiger charge is -2.10. The number of carbonyl (C=O) groups excluding carboxylic acids is 1. The summed E-state index contributed by atoms with van der Waals surface area (Å²) in [5.74, 6) is -0.925. The number of hydrogen-bond donors (Lipinski definition) is 2. The Morgan fingerprint density at radius 1 is 1.16 bits per heavy atom. The van der Waals surface area contributed by atoms with Crippen LogP contribution in [-0.2, 0) is 0 Å². The van der Waals surface area contributed by atoms with Gasteiger partial charge in [0, 0.05) is 17.8 Å². The maximum Gasteiger partial charge on any atom is 0.257 e. The van der Waals surface area contributed by atoms with Crippen LogP contribution in [0.5, 0.6) is 0 Å². The van der Waals surface area contributed by atoms with Crippen molar-refractivity contribution in [3.8, 4) is 0 Å². The Bertz CT molecular complexity index is 616. The first-order valence-corrected chi connectivity index (χ1v) is 6.03. The average Bonchev–Trinajstić information content (AvgIpc) is 2.42. The minimum Gasteiger partial charge on any atom is -0.387 e. The molecule has 0 radical (unpaired) electrons. The normalized spacial score (nSPS) is 10.1. The van der Waals surface area contributed by atoms with E-state index in [-0.39, 0.29) is 5.69 Å². The summed E-state index contributed by atoms with van der Waals surface area (Å²) in [6.45, 7) is 0. The van der Waals surface area contributed by atoms with Crippen LogP contribution in [0.1, 0.15) is 10.4 Å². The van der Waals surface area contributed by atoms with Crippen LogP contribution in [0.15, 0.2) is 42.5 Å². The molecule has 0 fully saturated rings. The molecule has 5 heteroatoms. The second-order valence-electron chi connectivity index (χ2n) is 3.87. The van der Waals surface area contributed by atoms with Crippen molar-refractivity contribution in [2.75, 3.05) is 17.7 Å². The van der Waals surface area contributed by atoms with E-state index in [4.69, 9.17) is 11.6 Å². The topological polar surface area (TPSA) is 41.1 Å². The zero-order valence-corrected chi connectivity index (χ0v) is 11.0. The highest BCUT2D eigenvalue weighted by Crippen LogP contribution is 2.22. The summed E-state index contributed by atoms with van der Waals surface area (Å²) in [7, 11) is 1.71.